The average Bonchev–Trinajstić information content (AvgIpc) is 3.34. The van der Waals surface area contributed by atoms with E-state index in [-0.39, 0.29) is 64.7 Å². The minimum absolute atomic E-state index is 0.0500. The van der Waals surface area contributed by atoms with Crippen molar-refractivity contribution in [3.05, 3.63) is 0 Å². The van der Waals surface area contributed by atoms with Crippen LogP contribution < -0.4 is 11.2 Å². The third-order valence-corrected chi connectivity index (χ3v) is 11.1. The number of ether oxygens (including phenoxy) is 5. The molecule has 0 aliphatic carbocycles. The molecule has 3 rings (SSSR count). The molecule has 13 atom stereocenters. The van der Waals surface area contributed by atoms with Gasteiger partial charge in [0.25, 0.3) is 5.67 Å². The summed E-state index contributed by atoms with van der Waals surface area (Å²) in [5.41, 5.74) is 5.83. The monoisotopic (exact) mass is 732 g/mol. The first-order valence-electron chi connectivity index (χ1n) is 17.4. The van der Waals surface area contributed by atoms with Gasteiger partial charge in [0.05, 0.1) is 18.3 Å². The fraction of sp³-hybridized carbons (Fsp3) is 0.853. The Morgan fingerprint density at radius 2 is 1.72 bits per heavy atom. The molecule has 0 saturated carbocycles. The number of oxime groups is 1. The minimum atomic E-state index is -3.06. The predicted molar refractivity (Wildman–Crippen MR) is 185 cm³/mol. The molecule has 4 N–H and O–H groups in total. The average molecular weight is 733 g/mol. The number of nitrogens with zero attached hydrogens (tertiary/aromatic N) is 2. The first-order chi connectivity index (χ1) is 23.3. The molecule has 0 spiro atoms. The molecule has 14 nitrogen and oxygen atoms in total. The second-order valence-electron chi connectivity index (χ2n) is 14.8. The predicted octanol–water partition coefficient (Wildman–Crippen LogP) is 3.08. The summed E-state index contributed by atoms with van der Waals surface area (Å²) in [7, 11) is 5.33. The lowest BCUT2D eigenvalue weighted by molar-refractivity contribution is -0.229. The number of fused-ring (bicyclic) bond motifs is 1. The van der Waals surface area contributed by atoms with Crippen LogP contribution in [-0.4, -0.2) is 110 Å². The smallest absolute Gasteiger partial charge is 0.351 e. The second kappa shape index (κ2) is 17.0. The normalized spacial score (nSPS) is 41.2. The Morgan fingerprint density at radius 3 is 2.30 bits per heavy atom. The van der Waals surface area contributed by atoms with Gasteiger partial charge in [0.2, 0.25) is 0 Å². The molecule has 0 aromatic heterocycles. The van der Waals surface area contributed by atoms with E-state index in [0.29, 0.717) is 6.42 Å². The quantitative estimate of drug-likeness (QED) is 0.0634. The van der Waals surface area contributed by atoms with E-state index in [9.17, 15) is 19.2 Å². The van der Waals surface area contributed by atoms with Crippen molar-refractivity contribution in [1.82, 2.24) is 4.90 Å². The van der Waals surface area contributed by atoms with Gasteiger partial charge in [-0.1, -0.05) is 32.9 Å². The Labute approximate surface area is 297 Å². The van der Waals surface area contributed by atoms with Crippen LogP contribution in [-0.2, 0) is 47.7 Å². The van der Waals surface area contributed by atoms with Crippen LogP contribution >= 0.6 is 8.73 Å². The van der Waals surface area contributed by atoms with Crippen molar-refractivity contribution in [1.29, 1.82) is 0 Å². The molecule has 3 aliphatic heterocycles. The van der Waals surface area contributed by atoms with Gasteiger partial charge in [-0.15, -0.1) is 0 Å². The van der Waals surface area contributed by atoms with E-state index in [2.05, 4.69) is 10.1 Å². The molecule has 0 amide bonds. The summed E-state index contributed by atoms with van der Waals surface area (Å²) >= 11 is 0. The number of rotatable bonds is 10. The number of hydrogen-bond donors (Lipinski definition) is 2. The van der Waals surface area contributed by atoms with Crippen LogP contribution in [0.2, 0.25) is 0 Å². The van der Waals surface area contributed by atoms with Gasteiger partial charge >= 0.3 is 11.9 Å². The molecule has 0 radical (unpaired) electrons. The van der Waals surface area contributed by atoms with E-state index in [1.165, 1.54) is 21.0 Å². The summed E-state index contributed by atoms with van der Waals surface area (Å²) < 4.78 is 46.5. The van der Waals surface area contributed by atoms with E-state index in [0.717, 1.165) is 13.3 Å². The maximum Gasteiger partial charge on any atom is 0.351 e. The number of amidine groups is 1. The molecular weight excluding hydrogens is 674 g/mol. The van der Waals surface area contributed by atoms with Gasteiger partial charge in [-0.3, -0.25) is 14.4 Å². The number of cyclic esters (lactones) is 1. The molecule has 0 bridgehead atoms. The number of ketones is 2. The van der Waals surface area contributed by atoms with Crippen molar-refractivity contribution in [2.45, 2.75) is 122 Å². The van der Waals surface area contributed by atoms with Gasteiger partial charge in [-0.25, -0.2) is 9.18 Å². The molecular formula is C34H58FN4O10P. The van der Waals surface area contributed by atoms with E-state index in [4.69, 9.17) is 39.8 Å². The Balaban J connectivity index is 2.11. The summed E-state index contributed by atoms with van der Waals surface area (Å²) in [5.74, 6) is -8.73. The molecule has 13 unspecified atom stereocenters. The number of nitrogens with two attached hydrogens (primary N) is 2. The number of carbonyl (C=O) groups excluding carboxylic acids is 4. The van der Waals surface area contributed by atoms with Crippen LogP contribution in [0.15, 0.2) is 5.16 Å². The Bertz CT molecular complexity index is 1270. The van der Waals surface area contributed by atoms with E-state index in [1.54, 1.807) is 20.8 Å². The van der Waals surface area contributed by atoms with Crippen LogP contribution in [0.1, 0.15) is 80.6 Å². The summed E-state index contributed by atoms with van der Waals surface area (Å²) in [6.45, 7) is 10.8. The molecule has 3 fully saturated rings. The number of carbonyl (C=O) groups is 4. The van der Waals surface area contributed by atoms with E-state index >= 15 is 4.39 Å². The van der Waals surface area contributed by atoms with Crippen molar-refractivity contribution in [3.8, 4) is 0 Å². The zero-order valence-electron chi connectivity index (χ0n) is 31.2. The highest BCUT2D eigenvalue weighted by Crippen LogP contribution is 2.48. The number of halogens is 1. The van der Waals surface area contributed by atoms with Crippen molar-refractivity contribution in [3.63, 3.8) is 0 Å². The van der Waals surface area contributed by atoms with Crippen molar-refractivity contribution >= 4 is 38.1 Å². The maximum atomic E-state index is 16.4. The zero-order valence-corrected chi connectivity index (χ0v) is 32.2. The second-order valence-corrected chi connectivity index (χ2v) is 15.5. The van der Waals surface area contributed by atoms with Crippen LogP contribution in [0.3, 0.4) is 0 Å². The molecule has 16 heteroatoms. The lowest BCUT2D eigenvalue weighted by Gasteiger charge is -2.43. The molecule has 3 heterocycles. The molecule has 3 aliphatic rings. The van der Waals surface area contributed by atoms with Crippen molar-refractivity contribution in [2.75, 3.05) is 34.2 Å². The highest BCUT2D eigenvalue weighted by atomic mass is 31.1. The molecule has 0 aromatic carbocycles. The number of esters is 2. The fourth-order valence-electron chi connectivity index (χ4n) is 8.01. The first kappa shape index (κ1) is 42.1. The van der Waals surface area contributed by atoms with Crippen LogP contribution in [0.5, 0.6) is 0 Å². The van der Waals surface area contributed by atoms with E-state index < -0.39 is 76.6 Å². The third-order valence-electron chi connectivity index (χ3n) is 10.8. The van der Waals surface area contributed by atoms with Gasteiger partial charge in [0.15, 0.2) is 23.5 Å². The van der Waals surface area contributed by atoms with Gasteiger partial charge in [0, 0.05) is 43.2 Å². The number of Topliss-reactive ketones (excluding diaryl/α,β-unsaturated/α-hetero) is 2. The topological polar surface area (TPSA) is 191 Å². The van der Waals surface area contributed by atoms with Gasteiger partial charge in [0.1, 0.15) is 24.2 Å². The van der Waals surface area contributed by atoms with Crippen LogP contribution in [0, 0.1) is 29.6 Å². The van der Waals surface area contributed by atoms with Gasteiger partial charge in [-0.2, -0.15) is 0 Å². The minimum Gasteiger partial charge on any atom is -0.455 e. The highest BCUT2D eigenvalue weighted by molar-refractivity contribution is 7.34. The lowest BCUT2D eigenvalue weighted by Crippen LogP contribution is -2.56. The standard InChI is InChI=1S/C34H58FN4O10P/c1-11-23-33(7)26(25(30(42)49-33)29(36)38-46-17-50-37)21(5)27(40)18(2)14-34(44-10,15-19(3)28(41)32(6,35)31(43)48-23)16-45-24-13-22(39(8)9)12-20(4)47-24/h18-26,50H,11-17,37H2,1-10H3,(H2,36,38). The highest BCUT2D eigenvalue weighted by Gasteiger charge is 2.63. The Kier molecular flexibility index (Phi) is 14.3. The molecule has 286 valence electrons. The Morgan fingerprint density at radius 1 is 1.08 bits per heavy atom. The number of hydrogen-bond acceptors (Lipinski definition) is 13. The Hall–Kier alpha value is -2.29. The van der Waals surface area contributed by atoms with Crippen LogP contribution in [0.25, 0.3) is 0 Å². The van der Waals surface area contributed by atoms with E-state index in [1.807, 2.05) is 21.0 Å². The largest absolute Gasteiger partial charge is 0.455 e. The number of alkyl halides is 1. The molecule has 0 aromatic rings. The first-order valence-corrected chi connectivity index (χ1v) is 18.6. The zero-order chi connectivity index (χ0) is 37.8. The van der Waals surface area contributed by atoms with Gasteiger partial charge in [-0.05, 0) is 69.3 Å². The summed E-state index contributed by atoms with van der Waals surface area (Å²) in [6, 6.07) is 0.203. The van der Waals surface area contributed by atoms with Gasteiger partial charge < -0.3 is 44.7 Å². The lowest BCUT2D eigenvalue weighted by atomic mass is 9.67. The molecule has 3 saturated heterocycles. The third kappa shape index (κ3) is 9.01. The van der Waals surface area contributed by atoms with Crippen molar-refractivity contribution < 1.29 is 52.1 Å². The maximum absolute atomic E-state index is 16.4. The van der Waals surface area contributed by atoms with Crippen LogP contribution in [0.4, 0.5) is 4.39 Å². The number of methoxy groups -OCH3 is 1. The summed E-state index contributed by atoms with van der Waals surface area (Å²) in [5, 5.41) is 3.88. The fourth-order valence-corrected chi connectivity index (χ4v) is 8.15. The SMILES string of the molecule is CCC1OC(=O)C(C)(F)C(=O)C(C)CC(COC2CC(N(C)C)CC(C)O2)(OC)CC(C)C(=O)C(C)C2C(C(N)=NOCPN)C(=O)OC12C. The summed E-state index contributed by atoms with van der Waals surface area (Å²) in [6.07, 6.45) is -0.389. The van der Waals surface area contributed by atoms with Crippen molar-refractivity contribution in [2.24, 2.45) is 46.0 Å². The summed E-state index contributed by atoms with van der Waals surface area (Å²) in [4.78, 5) is 62.5. The molecule has 50 heavy (non-hydrogen) atoms.